The average Bonchev–Trinajstić information content (AvgIpc) is 2.52. The van der Waals surface area contributed by atoms with Gasteiger partial charge in [0, 0.05) is 26.3 Å². The minimum absolute atomic E-state index is 0.0322. The Balaban J connectivity index is 2.35. The van der Waals surface area contributed by atoms with Gasteiger partial charge in [0.25, 0.3) is 5.91 Å². The van der Waals surface area contributed by atoms with Gasteiger partial charge in [-0.2, -0.15) is 0 Å². The van der Waals surface area contributed by atoms with E-state index in [9.17, 15) is 4.79 Å². The van der Waals surface area contributed by atoms with Crippen molar-refractivity contribution in [3.63, 3.8) is 0 Å². The first-order valence-electron chi connectivity index (χ1n) is 5.47. The van der Waals surface area contributed by atoms with Crippen LogP contribution in [0.3, 0.4) is 0 Å². The topological polar surface area (TPSA) is 29.5 Å². The van der Waals surface area contributed by atoms with Gasteiger partial charge in [0.15, 0.2) is 0 Å². The van der Waals surface area contributed by atoms with E-state index in [1.165, 1.54) is 0 Å². The maximum atomic E-state index is 11.9. The number of likely N-dealkylation sites (N-methyl/N-ethyl adjacent to an activating group) is 1. The zero-order chi connectivity index (χ0) is 11.8. The molecule has 0 N–H and O–H groups in total. The number of rotatable bonds is 1. The fraction of sp³-hybridized carbons (Fsp3) is 0.462. The van der Waals surface area contributed by atoms with E-state index < -0.39 is 0 Å². The van der Waals surface area contributed by atoms with Crippen molar-refractivity contribution in [3.05, 3.63) is 36.0 Å². The van der Waals surface area contributed by atoms with E-state index in [0.29, 0.717) is 0 Å². The summed E-state index contributed by atoms with van der Waals surface area (Å²) in [6, 6.07) is 0. The molecule has 1 aliphatic carbocycles. The minimum atomic E-state index is -0.240. The van der Waals surface area contributed by atoms with Gasteiger partial charge in [-0.25, -0.2) is 0 Å². The van der Waals surface area contributed by atoms with E-state index in [2.05, 4.69) is 12.2 Å². The van der Waals surface area contributed by atoms with Gasteiger partial charge in [0.05, 0.1) is 11.5 Å². The van der Waals surface area contributed by atoms with Crippen LogP contribution in [0.5, 0.6) is 0 Å². The molecule has 0 aromatic rings. The molecule has 2 rings (SSSR count). The van der Waals surface area contributed by atoms with Gasteiger partial charge < -0.3 is 9.64 Å². The number of carbonyl (C=O) groups is 1. The number of ether oxygens (including phenoxy) is 1. The van der Waals surface area contributed by atoms with Crippen molar-refractivity contribution in [2.45, 2.75) is 13.0 Å². The molecule has 0 aromatic carbocycles. The summed E-state index contributed by atoms with van der Waals surface area (Å²) < 4.78 is 5.22. The third kappa shape index (κ3) is 1.52. The minimum Gasteiger partial charge on any atom is -0.373 e. The lowest BCUT2D eigenvalue weighted by molar-refractivity contribution is -0.123. The Hall–Kier alpha value is -1.35. The highest BCUT2D eigenvalue weighted by atomic mass is 16.5. The molecule has 16 heavy (non-hydrogen) atoms. The first-order valence-corrected chi connectivity index (χ1v) is 5.47. The quantitative estimate of drug-likeness (QED) is 0.494. The molecule has 86 valence electrons. The van der Waals surface area contributed by atoms with Crippen molar-refractivity contribution >= 4 is 5.91 Å². The Morgan fingerprint density at radius 1 is 1.50 bits per heavy atom. The predicted molar refractivity (Wildman–Crippen MR) is 62.9 cm³/mol. The van der Waals surface area contributed by atoms with Gasteiger partial charge in [-0.1, -0.05) is 30.4 Å². The van der Waals surface area contributed by atoms with Crippen molar-refractivity contribution in [1.29, 1.82) is 0 Å². The van der Waals surface area contributed by atoms with Crippen molar-refractivity contribution in [1.82, 2.24) is 4.90 Å². The summed E-state index contributed by atoms with van der Waals surface area (Å²) in [6.45, 7) is 2.63. The number of hydrogen-bond donors (Lipinski definition) is 0. The van der Waals surface area contributed by atoms with Crippen molar-refractivity contribution in [2.24, 2.45) is 5.41 Å². The number of hydrogen-bond acceptors (Lipinski definition) is 2. The molecule has 2 aliphatic rings. The molecule has 0 radical (unpaired) electrons. The van der Waals surface area contributed by atoms with Crippen molar-refractivity contribution in [2.75, 3.05) is 20.7 Å². The second-order valence-electron chi connectivity index (χ2n) is 4.32. The van der Waals surface area contributed by atoms with Crippen LogP contribution in [0.25, 0.3) is 0 Å². The molecule has 0 unspecified atom stereocenters. The molecule has 1 saturated heterocycles. The second-order valence-corrected chi connectivity index (χ2v) is 4.32. The molecule has 0 atom stereocenters. The maximum absolute atomic E-state index is 11.9. The van der Waals surface area contributed by atoms with Crippen LogP contribution < -0.4 is 0 Å². The summed E-state index contributed by atoms with van der Waals surface area (Å²) in [4.78, 5) is 13.7. The molecule has 1 heterocycles. The SMILES string of the molecule is C/C=C1/C(=O)N(C)CC12C=CC(OC)C=C2. The summed E-state index contributed by atoms with van der Waals surface area (Å²) in [5.74, 6) is 0.118. The Morgan fingerprint density at radius 3 is 2.62 bits per heavy atom. The molecule has 1 spiro atoms. The van der Waals surface area contributed by atoms with E-state index in [0.717, 1.165) is 12.1 Å². The number of allylic oxidation sites excluding steroid dienone is 1. The number of amides is 1. The third-order valence-corrected chi connectivity index (χ3v) is 3.30. The van der Waals surface area contributed by atoms with Crippen LogP contribution in [0.15, 0.2) is 36.0 Å². The summed E-state index contributed by atoms with van der Waals surface area (Å²) in [7, 11) is 3.52. The summed E-state index contributed by atoms with van der Waals surface area (Å²) in [6.07, 6.45) is 10.1. The monoisotopic (exact) mass is 219 g/mol. The summed E-state index contributed by atoms with van der Waals surface area (Å²) >= 11 is 0. The number of methoxy groups -OCH3 is 1. The van der Waals surface area contributed by atoms with E-state index >= 15 is 0 Å². The zero-order valence-corrected chi connectivity index (χ0v) is 9.93. The number of carbonyl (C=O) groups excluding carboxylic acids is 1. The molecular weight excluding hydrogens is 202 g/mol. The van der Waals surface area contributed by atoms with Gasteiger partial charge >= 0.3 is 0 Å². The lowest BCUT2D eigenvalue weighted by Crippen LogP contribution is -2.25. The smallest absolute Gasteiger partial charge is 0.250 e. The van der Waals surface area contributed by atoms with E-state index in [1.54, 1.807) is 12.0 Å². The largest absolute Gasteiger partial charge is 0.373 e. The molecular formula is C13H17NO2. The van der Waals surface area contributed by atoms with E-state index in [1.807, 2.05) is 32.2 Å². The summed E-state index contributed by atoms with van der Waals surface area (Å²) in [5, 5.41) is 0. The van der Waals surface area contributed by atoms with Crippen LogP contribution in [0.4, 0.5) is 0 Å². The number of likely N-dealkylation sites (tertiary alicyclic amines) is 1. The highest BCUT2D eigenvalue weighted by molar-refractivity contribution is 5.98. The first kappa shape index (κ1) is 11.1. The van der Waals surface area contributed by atoms with Crippen molar-refractivity contribution in [3.8, 4) is 0 Å². The van der Waals surface area contributed by atoms with Crippen LogP contribution in [0.1, 0.15) is 6.92 Å². The molecule has 3 nitrogen and oxygen atoms in total. The third-order valence-electron chi connectivity index (χ3n) is 3.30. The van der Waals surface area contributed by atoms with Gasteiger partial charge in [0.2, 0.25) is 0 Å². The molecule has 0 saturated carbocycles. The predicted octanol–water partition coefficient (Wildman–Crippen LogP) is 1.53. The van der Waals surface area contributed by atoms with Gasteiger partial charge in [-0.15, -0.1) is 0 Å². The van der Waals surface area contributed by atoms with Gasteiger partial charge in [-0.3, -0.25) is 4.79 Å². The average molecular weight is 219 g/mol. The highest BCUT2D eigenvalue weighted by Gasteiger charge is 2.43. The Morgan fingerprint density at radius 2 is 2.12 bits per heavy atom. The lowest BCUT2D eigenvalue weighted by Gasteiger charge is -2.26. The van der Waals surface area contributed by atoms with Crippen LogP contribution in [0.2, 0.25) is 0 Å². The number of nitrogens with zero attached hydrogens (tertiary/aromatic N) is 1. The molecule has 0 aromatic heterocycles. The molecule has 1 amide bonds. The van der Waals surface area contributed by atoms with Gasteiger partial charge in [-0.05, 0) is 6.92 Å². The molecule has 1 aliphatic heterocycles. The summed E-state index contributed by atoms with van der Waals surface area (Å²) in [5.41, 5.74) is 0.618. The Labute approximate surface area is 96.1 Å². The standard InChI is InChI=1S/C13H17NO2/c1-4-11-12(15)14(2)9-13(11)7-5-10(16-3)6-8-13/h4-8,10H,9H2,1-3H3/b11-4-. The van der Waals surface area contributed by atoms with E-state index in [4.69, 9.17) is 4.74 Å². The normalized spacial score (nSPS) is 35.7. The lowest BCUT2D eigenvalue weighted by atomic mass is 9.79. The Bertz CT molecular complexity index is 379. The van der Waals surface area contributed by atoms with Gasteiger partial charge in [0.1, 0.15) is 0 Å². The molecule has 0 bridgehead atoms. The zero-order valence-electron chi connectivity index (χ0n) is 9.93. The van der Waals surface area contributed by atoms with Crippen LogP contribution in [-0.2, 0) is 9.53 Å². The first-order chi connectivity index (χ1) is 7.63. The van der Waals surface area contributed by atoms with Crippen LogP contribution in [0, 0.1) is 5.41 Å². The highest BCUT2D eigenvalue weighted by Crippen LogP contribution is 2.40. The maximum Gasteiger partial charge on any atom is 0.250 e. The van der Waals surface area contributed by atoms with Crippen LogP contribution in [-0.4, -0.2) is 37.6 Å². The van der Waals surface area contributed by atoms with Crippen molar-refractivity contribution < 1.29 is 9.53 Å². The van der Waals surface area contributed by atoms with E-state index in [-0.39, 0.29) is 17.4 Å². The molecule has 3 heteroatoms. The second kappa shape index (κ2) is 3.91. The van der Waals surface area contributed by atoms with Crippen LogP contribution >= 0.6 is 0 Å². The molecule has 1 fully saturated rings. The fourth-order valence-electron chi connectivity index (χ4n) is 2.44. The fourth-order valence-corrected chi connectivity index (χ4v) is 2.44. The Kier molecular flexibility index (Phi) is 2.72.